The lowest BCUT2D eigenvalue weighted by molar-refractivity contribution is -0.0241. The number of H-pyrrole nitrogens is 1. The summed E-state index contributed by atoms with van der Waals surface area (Å²) in [6, 6.07) is 10.8. The summed E-state index contributed by atoms with van der Waals surface area (Å²) in [5.74, 6) is 1.12. The number of nitrogens with zero attached hydrogens (tertiary/aromatic N) is 5. The zero-order valence-corrected chi connectivity index (χ0v) is 20.0. The number of aryl methyl sites for hydroxylation is 2. The number of benzene rings is 1. The van der Waals surface area contributed by atoms with Crippen molar-refractivity contribution in [2.45, 2.75) is 39.7 Å². The van der Waals surface area contributed by atoms with Crippen LogP contribution in [0.2, 0.25) is 0 Å². The van der Waals surface area contributed by atoms with Gasteiger partial charge < -0.3 is 9.88 Å². The number of nitrogens with one attached hydrogen (secondary N) is 1. The predicted octanol–water partition coefficient (Wildman–Crippen LogP) is 5.02. The molecular formula is C26H28N6S. The lowest BCUT2D eigenvalue weighted by Crippen LogP contribution is -2.59. The molecule has 0 aliphatic carbocycles. The molecule has 4 aromatic rings. The Morgan fingerprint density at radius 1 is 1.15 bits per heavy atom. The Kier molecular flexibility index (Phi) is 4.89. The number of aromatic amines is 1. The van der Waals surface area contributed by atoms with Gasteiger partial charge in [-0.25, -0.2) is 9.97 Å². The van der Waals surface area contributed by atoms with Gasteiger partial charge in [-0.15, -0.1) is 11.3 Å². The molecule has 6 nitrogen and oxygen atoms in total. The molecule has 1 spiro atoms. The summed E-state index contributed by atoms with van der Waals surface area (Å²) >= 11 is 1.79. The van der Waals surface area contributed by atoms with Crippen LogP contribution in [0.25, 0.3) is 21.1 Å². The van der Waals surface area contributed by atoms with Crippen molar-refractivity contribution in [2.24, 2.45) is 5.41 Å². The van der Waals surface area contributed by atoms with Gasteiger partial charge in [0.25, 0.3) is 0 Å². The van der Waals surface area contributed by atoms with Crippen molar-refractivity contribution in [3.05, 3.63) is 52.3 Å². The van der Waals surface area contributed by atoms with Crippen LogP contribution >= 0.6 is 11.3 Å². The topological polar surface area (TPSA) is 71.8 Å². The number of fused-ring (bicyclic) bond motifs is 2. The lowest BCUT2D eigenvalue weighted by atomic mass is 9.71. The molecule has 2 aliphatic rings. The Morgan fingerprint density at radius 3 is 2.73 bits per heavy atom. The molecule has 5 heterocycles. The third-order valence-electron chi connectivity index (χ3n) is 7.65. The summed E-state index contributed by atoms with van der Waals surface area (Å²) in [6.45, 7) is 9.86. The number of aromatic nitrogens is 3. The van der Waals surface area contributed by atoms with Crippen LogP contribution < -0.4 is 4.90 Å². The molecule has 0 bridgehead atoms. The number of likely N-dealkylation sites (tertiary alicyclic amines) is 1. The first-order valence-corrected chi connectivity index (χ1v) is 12.6. The zero-order valence-electron chi connectivity index (χ0n) is 19.2. The Labute approximate surface area is 197 Å². The lowest BCUT2D eigenvalue weighted by Gasteiger charge is -2.54. The van der Waals surface area contributed by atoms with Crippen molar-refractivity contribution in [2.75, 3.05) is 31.1 Å². The Hall–Kier alpha value is -2.95. The highest BCUT2D eigenvalue weighted by molar-refractivity contribution is 7.18. The van der Waals surface area contributed by atoms with Crippen molar-refractivity contribution in [3.8, 4) is 6.07 Å². The maximum atomic E-state index is 9.19. The molecule has 3 aromatic heterocycles. The minimum Gasteiger partial charge on any atom is -0.356 e. The third kappa shape index (κ3) is 3.49. The fourth-order valence-electron chi connectivity index (χ4n) is 5.71. The highest BCUT2D eigenvalue weighted by Gasteiger charge is 2.45. The molecule has 1 aromatic carbocycles. The van der Waals surface area contributed by atoms with E-state index in [0.717, 1.165) is 42.2 Å². The second kappa shape index (κ2) is 7.82. The normalized spacial score (nSPS) is 18.2. The number of thiophene rings is 1. The first-order valence-electron chi connectivity index (χ1n) is 11.8. The maximum absolute atomic E-state index is 9.19. The summed E-state index contributed by atoms with van der Waals surface area (Å²) in [5.41, 5.74) is 4.79. The Morgan fingerprint density at radius 2 is 1.97 bits per heavy atom. The van der Waals surface area contributed by atoms with Crippen LogP contribution in [0.4, 0.5) is 5.82 Å². The summed E-state index contributed by atoms with van der Waals surface area (Å²) in [4.78, 5) is 19.9. The minimum absolute atomic E-state index is 0.450. The van der Waals surface area contributed by atoms with Crippen LogP contribution in [0.1, 0.15) is 41.5 Å². The van der Waals surface area contributed by atoms with E-state index < -0.39 is 0 Å². The molecule has 0 unspecified atom stereocenters. The van der Waals surface area contributed by atoms with E-state index in [-0.39, 0.29) is 0 Å². The van der Waals surface area contributed by atoms with Crippen molar-refractivity contribution in [3.63, 3.8) is 0 Å². The fourth-order valence-corrected chi connectivity index (χ4v) is 6.64. The van der Waals surface area contributed by atoms with Gasteiger partial charge in [-0.2, -0.15) is 5.26 Å². The largest absolute Gasteiger partial charge is 0.356 e. The zero-order chi connectivity index (χ0) is 22.6. The SMILES string of the molecule is CCc1cc2c(N3CCC4(CC3)CN(Cc3ccc5[nH]c(C#N)cc5c3C)C4)ncnc2s1. The number of anilines is 1. The van der Waals surface area contributed by atoms with Crippen molar-refractivity contribution in [1.82, 2.24) is 19.9 Å². The predicted molar refractivity (Wildman–Crippen MR) is 134 cm³/mol. The van der Waals surface area contributed by atoms with Crippen LogP contribution in [0.5, 0.6) is 0 Å². The fraction of sp³-hybridized carbons (Fsp3) is 0.423. The Bertz CT molecular complexity index is 1380. The van der Waals surface area contributed by atoms with Crippen LogP contribution in [0.3, 0.4) is 0 Å². The van der Waals surface area contributed by atoms with E-state index in [1.54, 1.807) is 17.7 Å². The average molecular weight is 457 g/mol. The summed E-state index contributed by atoms with van der Waals surface area (Å²) in [5, 5.41) is 11.6. The molecule has 2 aliphatic heterocycles. The molecular weight excluding hydrogens is 428 g/mol. The number of piperidine rings is 1. The molecule has 2 fully saturated rings. The molecule has 33 heavy (non-hydrogen) atoms. The van der Waals surface area contributed by atoms with Crippen molar-refractivity contribution < 1.29 is 0 Å². The highest BCUT2D eigenvalue weighted by Crippen LogP contribution is 2.43. The minimum atomic E-state index is 0.450. The maximum Gasteiger partial charge on any atom is 0.140 e. The van der Waals surface area contributed by atoms with Gasteiger partial charge in [-0.3, -0.25) is 4.90 Å². The van der Waals surface area contributed by atoms with E-state index in [1.165, 1.54) is 52.7 Å². The number of hydrogen-bond donors (Lipinski definition) is 1. The van der Waals surface area contributed by atoms with E-state index in [4.69, 9.17) is 0 Å². The van der Waals surface area contributed by atoms with Gasteiger partial charge in [0.05, 0.1) is 5.39 Å². The van der Waals surface area contributed by atoms with Gasteiger partial charge in [0.15, 0.2) is 0 Å². The standard InChI is InChI=1S/C26H28N6S/c1-3-20-11-22-24(28-16-29-25(22)33-20)32-8-6-26(7-9-32)14-31(15-26)13-18-4-5-23-21(17(18)2)10-19(12-27)30-23/h4-5,10-11,16,30H,3,6-9,13-15H2,1-2H3. The number of rotatable bonds is 4. The Balaban J connectivity index is 1.11. The second-order valence-electron chi connectivity index (χ2n) is 9.72. The molecule has 0 atom stereocenters. The monoisotopic (exact) mass is 456 g/mol. The van der Waals surface area contributed by atoms with Gasteiger partial charge in [-0.05, 0) is 60.9 Å². The van der Waals surface area contributed by atoms with E-state index in [2.05, 4.69) is 62.9 Å². The van der Waals surface area contributed by atoms with Crippen molar-refractivity contribution in [1.29, 1.82) is 5.26 Å². The van der Waals surface area contributed by atoms with Crippen LogP contribution in [-0.2, 0) is 13.0 Å². The van der Waals surface area contributed by atoms with Crippen LogP contribution in [0, 0.1) is 23.7 Å². The quantitative estimate of drug-likeness (QED) is 0.467. The second-order valence-corrected chi connectivity index (χ2v) is 10.8. The van der Waals surface area contributed by atoms with E-state index >= 15 is 0 Å². The van der Waals surface area contributed by atoms with Gasteiger partial charge in [-0.1, -0.05) is 13.0 Å². The molecule has 6 rings (SSSR count). The highest BCUT2D eigenvalue weighted by atomic mass is 32.1. The van der Waals surface area contributed by atoms with E-state index in [1.807, 2.05) is 6.07 Å². The summed E-state index contributed by atoms with van der Waals surface area (Å²) in [6.07, 6.45) is 5.23. The van der Waals surface area contributed by atoms with Crippen molar-refractivity contribution >= 4 is 38.3 Å². The first kappa shape index (κ1) is 20.6. The molecule has 168 valence electrons. The van der Waals surface area contributed by atoms with Gasteiger partial charge in [0.2, 0.25) is 0 Å². The summed E-state index contributed by atoms with van der Waals surface area (Å²) in [7, 11) is 0. The van der Waals surface area contributed by atoms with Crippen LogP contribution in [0.15, 0.2) is 30.6 Å². The van der Waals surface area contributed by atoms with Gasteiger partial charge in [0, 0.05) is 48.5 Å². The smallest absolute Gasteiger partial charge is 0.140 e. The average Bonchev–Trinajstić information content (AvgIpc) is 3.44. The number of nitriles is 1. The molecule has 0 amide bonds. The van der Waals surface area contributed by atoms with E-state index in [0.29, 0.717) is 11.1 Å². The van der Waals surface area contributed by atoms with Crippen LogP contribution in [-0.4, -0.2) is 46.0 Å². The molecule has 7 heteroatoms. The van der Waals surface area contributed by atoms with E-state index in [9.17, 15) is 5.26 Å². The molecule has 0 saturated carbocycles. The molecule has 2 saturated heterocycles. The third-order valence-corrected chi connectivity index (χ3v) is 8.84. The molecule has 0 radical (unpaired) electrons. The van der Waals surface area contributed by atoms with Gasteiger partial charge in [0.1, 0.15) is 28.7 Å². The molecule has 1 N–H and O–H groups in total. The van der Waals surface area contributed by atoms with Gasteiger partial charge >= 0.3 is 0 Å². The number of hydrogen-bond acceptors (Lipinski definition) is 6. The first-order chi connectivity index (χ1) is 16.1. The summed E-state index contributed by atoms with van der Waals surface area (Å²) < 4.78 is 0.